The standard InChI is InChI=1S/C13H5F5O2/c14-6-4-2-1-3-5(6)12(19)7-8(15)10(17)13(20)11(18)9(7)16/h1-4,20H. The molecule has 0 unspecified atom stereocenters. The second-order valence-electron chi connectivity index (χ2n) is 3.79. The SMILES string of the molecule is O=C(c1ccccc1F)c1c(F)c(F)c(O)c(F)c1F. The lowest BCUT2D eigenvalue weighted by atomic mass is 10.0. The highest BCUT2D eigenvalue weighted by Crippen LogP contribution is 2.30. The van der Waals surface area contributed by atoms with Crippen LogP contribution in [0, 0.1) is 29.1 Å². The first-order valence-corrected chi connectivity index (χ1v) is 5.20. The molecule has 0 radical (unpaired) electrons. The molecule has 0 aromatic heterocycles. The minimum Gasteiger partial charge on any atom is -0.503 e. The van der Waals surface area contributed by atoms with Crippen molar-refractivity contribution in [2.24, 2.45) is 0 Å². The Balaban J connectivity index is 2.71. The molecule has 0 aliphatic rings. The largest absolute Gasteiger partial charge is 0.503 e. The van der Waals surface area contributed by atoms with Crippen LogP contribution in [0.4, 0.5) is 22.0 Å². The molecule has 0 atom stereocenters. The number of benzene rings is 2. The lowest BCUT2D eigenvalue weighted by molar-refractivity contribution is 0.102. The van der Waals surface area contributed by atoms with E-state index in [1.54, 1.807) is 0 Å². The van der Waals surface area contributed by atoms with Gasteiger partial charge in [-0.2, -0.15) is 8.78 Å². The first-order chi connectivity index (χ1) is 9.36. The van der Waals surface area contributed by atoms with Gasteiger partial charge in [0.25, 0.3) is 0 Å². The summed E-state index contributed by atoms with van der Waals surface area (Å²) in [6, 6.07) is 4.17. The molecule has 0 fully saturated rings. The third-order valence-corrected chi connectivity index (χ3v) is 2.59. The summed E-state index contributed by atoms with van der Waals surface area (Å²) in [5, 5.41) is 8.78. The molecule has 0 aliphatic carbocycles. The average Bonchev–Trinajstić information content (AvgIpc) is 2.43. The number of phenols is 1. The minimum absolute atomic E-state index is 0.755. The molecule has 2 nitrogen and oxygen atoms in total. The predicted octanol–water partition coefficient (Wildman–Crippen LogP) is 3.32. The summed E-state index contributed by atoms with van der Waals surface area (Å²) in [6.45, 7) is 0. The topological polar surface area (TPSA) is 37.3 Å². The highest BCUT2D eigenvalue weighted by Gasteiger charge is 2.30. The molecule has 0 aliphatic heterocycles. The fraction of sp³-hybridized carbons (Fsp3) is 0. The number of aromatic hydroxyl groups is 1. The van der Waals surface area contributed by atoms with Gasteiger partial charge in [-0.05, 0) is 12.1 Å². The monoisotopic (exact) mass is 288 g/mol. The zero-order valence-corrected chi connectivity index (χ0v) is 9.55. The fourth-order valence-corrected chi connectivity index (χ4v) is 1.60. The normalized spacial score (nSPS) is 10.7. The van der Waals surface area contributed by atoms with Crippen molar-refractivity contribution in [2.45, 2.75) is 0 Å². The van der Waals surface area contributed by atoms with Gasteiger partial charge in [-0.25, -0.2) is 13.2 Å². The molecule has 1 N–H and O–H groups in total. The Morgan fingerprint density at radius 3 is 1.85 bits per heavy atom. The Bertz CT molecular complexity index is 683. The lowest BCUT2D eigenvalue weighted by Gasteiger charge is -2.08. The molecular formula is C13H5F5O2. The van der Waals surface area contributed by atoms with Gasteiger partial charge in [-0.1, -0.05) is 12.1 Å². The Morgan fingerprint density at radius 2 is 1.35 bits per heavy atom. The number of rotatable bonds is 2. The highest BCUT2D eigenvalue weighted by molar-refractivity contribution is 6.09. The first kappa shape index (κ1) is 14.0. The van der Waals surface area contributed by atoms with Crippen LogP contribution < -0.4 is 0 Å². The maximum atomic E-state index is 13.5. The Morgan fingerprint density at radius 1 is 0.850 bits per heavy atom. The number of phenolic OH excluding ortho intramolecular Hbond substituents is 1. The average molecular weight is 288 g/mol. The number of ketones is 1. The summed E-state index contributed by atoms with van der Waals surface area (Å²) >= 11 is 0. The van der Waals surface area contributed by atoms with Crippen LogP contribution >= 0.6 is 0 Å². The molecule has 104 valence electrons. The van der Waals surface area contributed by atoms with Crippen molar-refractivity contribution < 1.29 is 31.9 Å². The molecule has 0 spiro atoms. The zero-order chi connectivity index (χ0) is 15.0. The summed E-state index contributed by atoms with van der Waals surface area (Å²) in [4.78, 5) is 11.8. The van der Waals surface area contributed by atoms with Crippen LogP contribution in [0.25, 0.3) is 0 Å². The van der Waals surface area contributed by atoms with Gasteiger partial charge in [0.2, 0.25) is 17.4 Å². The van der Waals surface area contributed by atoms with Crippen molar-refractivity contribution in [3.63, 3.8) is 0 Å². The quantitative estimate of drug-likeness (QED) is 0.523. The van der Waals surface area contributed by atoms with Crippen LogP contribution in [0.1, 0.15) is 15.9 Å². The summed E-state index contributed by atoms with van der Waals surface area (Å²) in [5.41, 5.74) is -2.36. The number of hydrogen-bond donors (Lipinski definition) is 1. The molecule has 0 saturated heterocycles. The number of halogens is 5. The van der Waals surface area contributed by atoms with Crippen molar-refractivity contribution in [2.75, 3.05) is 0 Å². The van der Waals surface area contributed by atoms with E-state index in [1.807, 2.05) is 0 Å². The van der Waals surface area contributed by atoms with Gasteiger partial charge in [-0.3, -0.25) is 4.79 Å². The number of carbonyl (C=O) groups is 1. The highest BCUT2D eigenvalue weighted by atomic mass is 19.2. The Labute approximate surface area is 109 Å². The van der Waals surface area contributed by atoms with Crippen molar-refractivity contribution in [1.29, 1.82) is 0 Å². The van der Waals surface area contributed by atoms with E-state index in [0.717, 1.165) is 12.1 Å². The van der Waals surface area contributed by atoms with E-state index >= 15 is 0 Å². The van der Waals surface area contributed by atoms with Crippen molar-refractivity contribution in [3.05, 3.63) is 64.5 Å². The van der Waals surface area contributed by atoms with Crippen molar-refractivity contribution >= 4 is 5.78 Å². The molecule has 0 saturated carbocycles. The van der Waals surface area contributed by atoms with Crippen molar-refractivity contribution in [1.82, 2.24) is 0 Å². The summed E-state index contributed by atoms with van der Waals surface area (Å²) in [5.74, 6) is -13.0. The van der Waals surface area contributed by atoms with E-state index in [-0.39, 0.29) is 0 Å². The molecule has 0 heterocycles. The summed E-state index contributed by atoms with van der Waals surface area (Å²) in [7, 11) is 0. The molecule has 20 heavy (non-hydrogen) atoms. The van der Waals surface area contributed by atoms with Crippen LogP contribution in [0.2, 0.25) is 0 Å². The first-order valence-electron chi connectivity index (χ1n) is 5.20. The van der Waals surface area contributed by atoms with Crippen LogP contribution in [0.3, 0.4) is 0 Å². The second-order valence-corrected chi connectivity index (χ2v) is 3.79. The molecular weight excluding hydrogens is 283 g/mol. The van der Waals surface area contributed by atoms with Crippen LogP contribution in [-0.4, -0.2) is 10.9 Å². The minimum atomic E-state index is -2.12. The maximum absolute atomic E-state index is 13.5. The van der Waals surface area contributed by atoms with Gasteiger partial charge < -0.3 is 5.11 Å². The van der Waals surface area contributed by atoms with Gasteiger partial charge in [-0.15, -0.1) is 0 Å². The van der Waals surface area contributed by atoms with Gasteiger partial charge in [0.15, 0.2) is 17.4 Å². The third-order valence-electron chi connectivity index (χ3n) is 2.59. The van der Waals surface area contributed by atoms with Gasteiger partial charge in [0.1, 0.15) is 11.4 Å². The smallest absolute Gasteiger partial charge is 0.204 e. The lowest BCUT2D eigenvalue weighted by Crippen LogP contribution is -2.13. The van der Waals surface area contributed by atoms with Crippen LogP contribution in [0.15, 0.2) is 24.3 Å². The Kier molecular flexibility index (Phi) is 3.44. The van der Waals surface area contributed by atoms with Crippen LogP contribution in [-0.2, 0) is 0 Å². The predicted molar refractivity (Wildman–Crippen MR) is 57.8 cm³/mol. The van der Waals surface area contributed by atoms with Crippen LogP contribution in [0.5, 0.6) is 5.75 Å². The third kappa shape index (κ3) is 2.01. The number of carbonyl (C=O) groups excluding carboxylic acids is 1. The number of hydrogen-bond acceptors (Lipinski definition) is 2. The molecule has 7 heteroatoms. The van der Waals surface area contributed by atoms with E-state index in [2.05, 4.69) is 0 Å². The van der Waals surface area contributed by atoms with Gasteiger partial charge in [0.05, 0.1) is 5.56 Å². The van der Waals surface area contributed by atoms with E-state index in [4.69, 9.17) is 5.11 Å². The molecule has 0 amide bonds. The van der Waals surface area contributed by atoms with Gasteiger partial charge in [0, 0.05) is 0 Å². The molecule has 2 aromatic rings. The van der Waals surface area contributed by atoms with E-state index in [0.29, 0.717) is 0 Å². The van der Waals surface area contributed by atoms with E-state index in [9.17, 15) is 26.7 Å². The fourth-order valence-electron chi connectivity index (χ4n) is 1.60. The summed E-state index contributed by atoms with van der Waals surface area (Å²) < 4.78 is 66.6. The summed E-state index contributed by atoms with van der Waals surface area (Å²) in [6.07, 6.45) is 0. The molecule has 2 aromatic carbocycles. The Hall–Kier alpha value is -2.44. The van der Waals surface area contributed by atoms with E-state index in [1.165, 1.54) is 12.1 Å². The second kappa shape index (κ2) is 4.92. The van der Waals surface area contributed by atoms with E-state index < -0.39 is 51.7 Å². The zero-order valence-electron chi connectivity index (χ0n) is 9.55. The molecule has 0 bridgehead atoms. The van der Waals surface area contributed by atoms with Gasteiger partial charge >= 0.3 is 0 Å². The van der Waals surface area contributed by atoms with Crippen molar-refractivity contribution in [3.8, 4) is 5.75 Å². The maximum Gasteiger partial charge on any atom is 0.204 e. The molecule has 2 rings (SSSR count).